The molecule has 15 heavy (non-hydrogen) atoms. The van der Waals surface area contributed by atoms with Crippen LogP contribution in [0.5, 0.6) is 0 Å². The lowest BCUT2D eigenvalue weighted by atomic mass is 9.93. The maximum Gasteiger partial charge on any atom is 0.221 e. The smallest absolute Gasteiger partial charge is 0.221 e. The largest absolute Gasteiger partial charge is 0.381 e. The second-order valence-corrected chi connectivity index (χ2v) is 4.49. The van der Waals surface area contributed by atoms with Crippen LogP contribution in [-0.4, -0.2) is 31.2 Å². The highest BCUT2D eigenvalue weighted by Gasteiger charge is 2.21. The van der Waals surface area contributed by atoms with Gasteiger partial charge in [-0.2, -0.15) is 0 Å². The molecule has 0 aromatic carbocycles. The van der Waals surface area contributed by atoms with E-state index < -0.39 is 0 Å². The summed E-state index contributed by atoms with van der Waals surface area (Å²) in [6, 6.07) is 0.173. The van der Waals surface area contributed by atoms with Gasteiger partial charge in [-0.05, 0) is 32.6 Å². The third-order valence-electron chi connectivity index (χ3n) is 2.87. The Labute approximate surface area is 91.5 Å². The van der Waals surface area contributed by atoms with Crippen LogP contribution in [0, 0.1) is 5.92 Å². The second kappa shape index (κ2) is 6.08. The molecule has 0 radical (unpaired) electrons. The van der Waals surface area contributed by atoms with E-state index in [1.165, 1.54) is 0 Å². The Morgan fingerprint density at radius 2 is 2.07 bits per heavy atom. The van der Waals surface area contributed by atoms with Crippen molar-refractivity contribution in [1.82, 2.24) is 5.32 Å². The van der Waals surface area contributed by atoms with E-state index in [9.17, 15) is 4.79 Å². The topological polar surface area (TPSA) is 64.4 Å². The van der Waals surface area contributed by atoms with E-state index in [1.54, 1.807) is 0 Å². The predicted octanol–water partition coefficient (Wildman–Crippen LogP) is 0.655. The molecule has 1 heterocycles. The van der Waals surface area contributed by atoms with Gasteiger partial charge < -0.3 is 15.8 Å². The first-order valence-electron chi connectivity index (χ1n) is 5.72. The molecule has 2 unspecified atom stereocenters. The summed E-state index contributed by atoms with van der Waals surface area (Å²) in [5.41, 5.74) is 5.57. The number of nitrogens with two attached hydrogens (primary N) is 1. The molecule has 4 nitrogen and oxygen atoms in total. The summed E-state index contributed by atoms with van der Waals surface area (Å²) in [4.78, 5) is 11.5. The van der Waals surface area contributed by atoms with Crippen molar-refractivity contribution in [2.45, 2.75) is 45.2 Å². The molecular weight excluding hydrogens is 192 g/mol. The zero-order chi connectivity index (χ0) is 11.3. The number of hydrogen-bond donors (Lipinski definition) is 2. The average molecular weight is 214 g/mol. The SMILES string of the molecule is CC(N)CC(=O)NC(C)C1CCOCC1. The van der Waals surface area contributed by atoms with E-state index >= 15 is 0 Å². The molecule has 0 spiro atoms. The van der Waals surface area contributed by atoms with E-state index in [-0.39, 0.29) is 18.0 Å². The Balaban J connectivity index is 2.27. The van der Waals surface area contributed by atoms with E-state index in [1.807, 2.05) is 6.92 Å². The van der Waals surface area contributed by atoms with E-state index in [2.05, 4.69) is 12.2 Å². The summed E-state index contributed by atoms with van der Waals surface area (Å²) < 4.78 is 5.29. The van der Waals surface area contributed by atoms with Crippen LogP contribution >= 0.6 is 0 Å². The van der Waals surface area contributed by atoms with E-state index in [0.29, 0.717) is 12.3 Å². The monoisotopic (exact) mass is 214 g/mol. The Morgan fingerprint density at radius 3 is 2.60 bits per heavy atom. The standard InChI is InChI=1S/C11H22N2O2/c1-8(12)7-11(14)13-9(2)10-3-5-15-6-4-10/h8-10H,3-7,12H2,1-2H3,(H,13,14). The molecule has 1 amide bonds. The molecule has 1 aliphatic heterocycles. The van der Waals surface area contributed by atoms with Gasteiger partial charge in [0.1, 0.15) is 0 Å². The van der Waals surface area contributed by atoms with Crippen LogP contribution in [0.4, 0.5) is 0 Å². The Hall–Kier alpha value is -0.610. The highest BCUT2D eigenvalue weighted by Crippen LogP contribution is 2.18. The van der Waals surface area contributed by atoms with Crippen LogP contribution in [0.25, 0.3) is 0 Å². The van der Waals surface area contributed by atoms with Gasteiger partial charge in [0.15, 0.2) is 0 Å². The van der Waals surface area contributed by atoms with Crippen LogP contribution in [0.3, 0.4) is 0 Å². The minimum absolute atomic E-state index is 0.0593. The fourth-order valence-electron chi connectivity index (χ4n) is 1.94. The van der Waals surface area contributed by atoms with Gasteiger partial charge in [-0.25, -0.2) is 0 Å². The molecular formula is C11H22N2O2. The van der Waals surface area contributed by atoms with Crippen LogP contribution in [0.1, 0.15) is 33.1 Å². The number of nitrogens with one attached hydrogen (secondary N) is 1. The molecule has 0 aromatic heterocycles. The summed E-state index contributed by atoms with van der Waals surface area (Å²) in [6.45, 7) is 5.55. The fraction of sp³-hybridized carbons (Fsp3) is 0.909. The molecule has 1 rings (SSSR count). The zero-order valence-corrected chi connectivity index (χ0v) is 9.66. The minimum atomic E-state index is -0.0631. The van der Waals surface area contributed by atoms with Crippen molar-refractivity contribution >= 4 is 5.91 Å². The second-order valence-electron chi connectivity index (χ2n) is 4.49. The van der Waals surface area contributed by atoms with Crippen molar-refractivity contribution in [2.24, 2.45) is 11.7 Å². The van der Waals surface area contributed by atoms with Crippen LogP contribution < -0.4 is 11.1 Å². The van der Waals surface area contributed by atoms with Crippen LogP contribution in [0.2, 0.25) is 0 Å². The van der Waals surface area contributed by atoms with Crippen molar-refractivity contribution in [2.75, 3.05) is 13.2 Å². The number of carbonyl (C=O) groups excluding carboxylic acids is 1. The third-order valence-corrected chi connectivity index (χ3v) is 2.87. The summed E-state index contributed by atoms with van der Waals surface area (Å²) in [5.74, 6) is 0.611. The molecule has 88 valence electrons. The molecule has 3 N–H and O–H groups in total. The molecule has 2 atom stereocenters. The average Bonchev–Trinajstić information content (AvgIpc) is 2.17. The normalized spacial score (nSPS) is 22.1. The lowest BCUT2D eigenvalue weighted by molar-refractivity contribution is -0.122. The minimum Gasteiger partial charge on any atom is -0.381 e. The van der Waals surface area contributed by atoms with Crippen molar-refractivity contribution in [3.05, 3.63) is 0 Å². The summed E-state index contributed by atoms with van der Waals surface area (Å²) in [6.07, 6.45) is 2.49. The van der Waals surface area contributed by atoms with Gasteiger partial charge in [-0.15, -0.1) is 0 Å². The molecule has 0 aromatic rings. The van der Waals surface area contributed by atoms with E-state index in [0.717, 1.165) is 26.1 Å². The van der Waals surface area contributed by atoms with Crippen molar-refractivity contribution in [1.29, 1.82) is 0 Å². The van der Waals surface area contributed by atoms with Crippen molar-refractivity contribution in [3.63, 3.8) is 0 Å². The van der Waals surface area contributed by atoms with Crippen LogP contribution in [0.15, 0.2) is 0 Å². The molecule has 1 fully saturated rings. The summed E-state index contributed by atoms with van der Waals surface area (Å²) in [5, 5.41) is 3.01. The number of ether oxygens (including phenoxy) is 1. The van der Waals surface area contributed by atoms with Gasteiger partial charge in [0.25, 0.3) is 0 Å². The van der Waals surface area contributed by atoms with Gasteiger partial charge in [-0.1, -0.05) is 0 Å². The van der Waals surface area contributed by atoms with E-state index in [4.69, 9.17) is 10.5 Å². The zero-order valence-electron chi connectivity index (χ0n) is 9.66. The quantitative estimate of drug-likeness (QED) is 0.722. The number of rotatable bonds is 4. The molecule has 1 aliphatic rings. The summed E-state index contributed by atoms with van der Waals surface area (Å²) in [7, 11) is 0. The van der Waals surface area contributed by atoms with Crippen molar-refractivity contribution < 1.29 is 9.53 Å². The number of hydrogen-bond acceptors (Lipinski definition) is 3. The molecule has 0 aliphatic carbocycles. The highest BCUT2D eigenvalue weighted by molar-refractivity contribution is 5.76. The highest BCUT2D eigenvalue weighted by atomic mass is 16.5. The Kier molecular flexibility index (Phi) is 5.05. The van der Waals surface area contributed by atoms with Gasteiger partial charge in [-0.3, -0.25) is 4.79 Å². The van der Waals surface area contributed by atoms with Crippen LogP contribution in [-0.2, 0) is 9.53 Å². The molecule has 0 bridgehead atoms. The lowest BCUT2D eigenvalue weighted by Crippen LogP contribution is -2.41. The van der Waals surface area contributed by atoms with Gasteiger partial charge in [0.05, 0.1) is 0 Å². The first-order chi connectivity index (χ1) is 7.09. The van der Waals surface area contributed by atoms with Crippen molar-refractivity contribution in [3.8, 4) is 0 Å². The maximum absolute atomic E-state index is 11.5. The number of carbonyl (C=O) groups is 1. The summed E-state index contributed by atoms with van der Waals surface area (Å²) >= 11 is 0. The first-order valence-corrected chi connectivity index (χ1v) is 5.72. The van der Waals surface area contributed by atoms with Gasteiger partial charge >= 0.3 is 0 Å². The Bertz CT molecular complexity index is 201. The molecule has 1 saturated heterocycles. The Morgan fingerprint density at radius 1 is 1.47 bits per heavy atom. The number of amides is 1. The fourth-order valence-corrected chi connectivity index (χ4v) is 1.94. The maximum atomic E-state index is 11.5. The van der Waals surface area contributed by atoms with Gasteiger partial charge in [0.2, 0.25) is 5.91 Å². The van der Waals surface area contributed by atoms with Gasteiger partial charge in [0, 0.05) is 31.7 Å². The predicted molar refractivity (Wildman–Crippen MR) is 59.4 cm³/mol. The molecule has 4 heteroatoms. The first kappa shape index (κ1) is 12.5. The third kappa shape index (κ3) is 4.62. The molecule has 0 saturated carbocycles. The lowest BCUT2D eigenvalue weighted by Gasteiger charge is -2.28.